The van der Waals surface area contributed by atoms with Crippen LogP contribution in [-0.4, -0.2) is 63.2 Å². The summed E-state index contributed by atoms with van der Waals surface area (Å²) in [4.78, 5) is 0. The molecule has 1 aliphatic heterocycles. The number of rotatable bonds is 7. The van der Waals surface area contributed by atoms with Crippen molar-refractivity contribution in [3.8, 4) is 0 Å². The third-order valence-electron chi connectivity index (χ3n) is 4.26. The van der Waals surface area contributed by atoms with Crippen LogP contribution in [0.15, 0.2) is 30.3 Å². The highest BCUT2D eigenvalue weighted by Crippen LogP contribution is 2.50. The molecule has 0 radical (unpaired) electrons. The number of ether oxygens (including phenoxy) is 3. The van der Waals surface area contributed by atoms with Gasteiger partial charge >= 0.3 is 0 Å². The second-order valence-electron chi connectivity index (χ2n) is 6.17. The zero-order valence-electron chi connectivity index (χ0n) is 14.3. The lowest BCUT2D eigenvalue weighted by atomic mass is 9.94. The molecule has 9 nitrogen and oxygen atoms in total. The summed E-state index contributed by atoms with van der Waals surface area (Å²) in [7, 11) is -7.23. The van der Waals surface area contributed by atoms with Crippen LogP contribution in [0, 0.1) is 5.92 Å². The molecule has 5 atom stereocenters. The number of methoxy groups -OCH3 is 1. The minimum Gasteiger partial charge on any atom is -0.367 e. The second kappa shape index (κ2) is 8.50. The van der Waals surface area contributed by atoms with E-state index in [4.69, 9.17) is 18.8 Å². The summed E-state index contributed by atoms with van der Waals surface area (Å²) in [6.07, 6.45) is -3.34. The van der Waals surface area contributed by atoms with Gasteiger partial charge in [-0.3, -0.25) is 4.55 Å². The molecule has 1 aromatic carbocycles. The van der Waals surface area contributed by atoms with E-state index in [0.29, 0.717) is 0 Å². The van der Waals surface area contributed by atoms with Crippen LogP contribution < -0.4 is 0 Å². The summed E-state index contributed by atoms with van der Waals surface area (Å²) in [6, 6.07) is 9.07. The largest absolute Gasteiger partial charge is 0.367 e. The lowest BCUT2D eigenvalue weighted by molar-refractivity contribution is -0.251. The highest BCUT2D eigenvalue weighted by atomic mass is 32.3. The molecular weight excluding hydrogens is 388 g/mol. The zero-order valence-corrected chi connectivity index (χ0v) is 16.0. The summed E-state index contributed by atoms with van der Waals surface area (Å²) in [6.45, 7) is 1.58. The van der Waals surface area contributed by atoms with E-state index >= 15 is 0 Å². The quantitative estimate of drug-likeness (QED) is 0.495. The van der Waals surface area contributed by atoms with Crippen molar-refractivity contribution in [2.24, 2.45) is 5.92 Å². The molecule has 0 amide bonds. The first-order valence-corrected chi connectivity index (χ1v) is 11.0. The second-order valence-corrected chi connectivity index (χ2v) is 9.34. The first-order chi connectivity index (χ1) is 12.0. The highest BCUT2D eigenvalue weighted by molar-refractivity contribution is 8.20. The van der Waals surface area contributed by atoms with Crippen molar-refractivity contribution in [2.75, 3.05) is 12.9 Å². The van der Waals surface area contributed by atoms with Crippen molar-refractivity contribution in [2.45, 2.75) is 37.3 Å². The Morgan fingerprint density at radius 3 is 2.23 bits per heavy atom. The molecule has 2 rings (SSSR count). The highest BCUT2D eigenvalue weighted by Gasteiger charge is 2.52. The van der Waals surface area contributed by atoms with E-state index in [1.807, 2.05) is 30.3 Å². The molecule has 1 aliphatic rings. The Labute approximate surface area is 154 Å². The monoisotopic (exact) mass is 412 g/mol. The van der Waals surface area contributed by atoms with Crippen LogP contribution in [0.4, 0.5) is 0 Å². The van der Waals surface area contributed by atoms with Gasteiger partial charge in [-0.1, -0.05) is 37.3 Å². The van der Waals surface area contributed by atoms with E-state index in [2.05, 4.69) is 0 Å². The van der Waals surface area contributed by atoms with Gasteiger partial charge in [0, 0.05) is 13.0 Å². The summed E-state index contributed by atoms with van der Waals surface area (Å²) in [5.74, 6) is -1.62. The van der Waals surface area contributed by atoms with Gasteiger partial charge in [-0.25, -0.2) is 0 Å². The molecule has 0 saturated carbocycles. The minimum atomic E-state index is -4.39. The standard InChI is InChI=1S/C15H24O9S2/c1-10-12(9-25(16,17)18)24-15(22-2)13(14(10)26(19,20)21)23-8-11-6-4-3-5-7-11/h3-7,10,12-15,19-21H,8-9H2,1-2H3,(H,16,17,18). The normalized spacial score (nSPS) is 30.9. The molecule has 1 heterocycles. The summed E-state index contributed by atoms with van der Waals surface area (Å²) in [5.41, 5.74) is 0.809. The van der Waals surface area contributed by atoms with Crippen molar-refractivity contribution in [1.82, 2.24) is 0 Å². The Bertz CT molecular complexity index is 674. The summed E-state index contributed by atoms with van der Waals surface area (Å²) in [5, 5.41) is -1.27. The topological polar surface area (TPSA) is 143 Å². The molecule has 0 spiro atoms. The van der Waals surface area contributed by atoms with Gasteiger partial charge in [-0.2, -0.15) is 8.42 Å². The van der Waals surface area contributed by atoms with Gasteiger partial charge in [0.25, 0.3) is 10.1 Å². The fraction of sp³-hybridized carbons (Fsp3) is 0.600. The van der Waals surface area contributed by atoms with E-state index in [1.165, 1.54) is 14.0 Å². The van der Waals surface area contributed by atoms with Crippen LogP contribution in [0.5, 0.6) is 0 Å². The first kappa shape index (κ1) is 21.5. The predicted molar refractivity (Wildman–Crippen MR) is 95.5 cm³/mol. The average molecular weight is 412 g/mol. The van der Waals surface area contributed by atoms with Crippen LogP contribution in [0.2, 0.25) is 0 Å². The summed E-state index contributed by atoms with van der Waals surface area (Å²) < 4.78 is 77.7. The average Bonchev–Trinajstić information content (AvgIpc) is 2.53. The summed E-state index contributed by atoms with van der Waals surface area (Å²) >= 11 is 0. The van der Waals surface area contributed by atoms with Gasteiger partial charge in [0.1, 0.15) is 11.9 Å². The Kier molecular flexibility index (Phi) is 7.04. The van der Waals surface area contributed by atoms with Crippen LogP contribution in [0.1, 0.15) is 12.5 Å². The van der Waals surface area contributed by atoms with E-state index in [-0.39, 0.29) is 6.61 Å². The van der Waals surface area contributed by atoms with Crippen LogP contribution in [-0.2, 0) is 30.9 Å². The molecule has 0 aromatic heterocycles. The maximum absolute atomic E-state index is 11.2. The molecule has 11 heteroatoms. The minimum absolute atomic E-state index is 0.0937. The van der Waals surface area contributed by atoms with E-state index < -0.39 is 56.4 Å². The lowest BCUT2D eigenvalue weighted by Crippen LogP contribution is -2.58. The van der Waals surface area contributed by atoms with E-state index in [0.717, 1.165) is 5.56 Å². The SMILES string of the molecule is COC1OC(CS(=O)(=O)O)C(C)C(S(O)(O)O)C1OCc1ccccc1. The van der Waals surface area contributed by atoms with Gasteiger partial charge in [0.15, 0.2) is 6.29 Å². The predicted octanol–water partition coefficient (Wildman–Crippen LogP) is 2.06. The first-order valence-electron chi connectivity index (χ1n) is 7.81. The molecule has 4 N–H and O–H groups in total. The van der Waals surface area contributed by atoms with Gasteiger partial charge in [0.05, 0.1) is 28.8 Å². The molecule has 26 heavy (non-hydrogen) atoms. The van der Waals surface area contributed by atoms with Gasteiger partial charge in [-0.15, -0.1) is 0 Å². The van der Waals surface area contributed by atoms with Crippen molar-refractivity contribution in [1.29, 1.82) is 0 Å². The molecule has 150 valence electrons. The lowest BCUT2D eigenvalue weighted by Gasteiger charge is -2.48. The Balaban J connectivity index is 2.26. The maximum atomic E-state index is 11.2. The Morgan fingerprint density at radius 2 is 1.73 bits per heavy atom. The molecule has 0 bridgehead atoms. The van der Waals surface area contributed by atoms with Crippen molar-refractivity contribution >= 4 is 21.0 Å². The molecule has 1 aromatic rings. The van der Waals surface area contributed by atoms with Gasteiger partial charge in [0.2, 0.25) is 0 Å². The van der Waals surface area contributed by atoms with Crippen molar-refractivity contribution in [3.63, 3.8) is 0 Å². The number of hydrogen-bond acceptors (Lipinski definition) is 8. The maximum Gasteiger partial charge on any atom is 0.267 e. The van der Waals surface area contributed by atoms with Crippen LogP contribution in [0.25, 0.3) is 0 Å². The fourth-order valence-electron chi connectivity index (χ4n) is 3.04. The third kappa shape index (κ3) is 5.62. The molecule has 1 saturated heterocycles. The molecule has 0 aliphatic carbocycles. The molecule has 5 unspecified atom stereocenters. The van der Waals surface area contributed by atoms with E-state index in [9.17, 15) is 22.1 Å². The number of benzene rings is 1. The third-order valence-corrected chi connectivity index (χ3v) is 6.44. The zero-order chi connectivity index (χ0) is 19.5. The van der Waals surface area contributed by atoms with Crippen LogP contribution in [0.3, 0.4) is 0 Å². The molecule has 1 fully saturated rings. The Morgan fingerprint density at radius 1 is 1.12 bits per heavy atom. The van der Waals surface area contributed by atoms with Crippen LogP contribution >= 0.6 is 10.9 Å². The smallest absolute Gasteiger partial charge is 0.267 e. The van der Waals surface area contributed by atoms with Crippen molar-refractivity contribution < 1.29 is 40.8 Å². The Hall–Kier alpha value is -0.760. The van der Waals surface area contributed by atoms with Gasteiger partial charge in [-0.05, 0) is 5.56 Å². The van der Waals surface area contributed by atoms with Crippen molar-refractivity contribution in [3.05, 3.63) is 35.9 Å². The fourth-order valence-corrected chi connectivity index (χ4v) is 5.15. The molecular formula is C15H24O9S2. The number of hydrogen-bond donors (Lipinski definition) is 4. The van der Waals surface area contributed by atoms with Gasteiger partial charge < -0.3 is 27.9 Å². The van der Waals surface area contributed by atoms with E-state index in [1.54, 1.807) is 0 Å².